The van der Waals surface area contributed by atoms with Crippen LogP contribution in [0.4, 0.5) is 0 Å². The normalized spacial score (nSPS) is 42.7. The van der Waals surface area contributed by atoms with E-state index < -0.39 is 0 Å². The minimum atomic E-state index is 0.101. The van der Waals surface area contributed by atoms with Gasteiger partial charge in [-0.25, -0.2) is 0 Å². The maximum absolute atomic E-state index is 2.56. The Balaban J connectivity index is 1.05. The van der Waals surface area contributed by atoms with E-state index in [1.54, 1.807) is 69.8 Å². The Morgan fingerprint density at radius 1 is 0.568 bits per heavy atom. The van der Waals surface area contributed by atoms with Gasteiger partial charge in [0.05, 0.1) is 0 Å². The summed E-state index contributed by atoms with van der Waals surface area (Å²) >= 11 is 0. The first-order valence-electron chi connectivity index (χ1n) is 16.0. The van der Waals surface area contributed by atoms with Crippen molar-refractivity contribution in [3.05, 3.63) is 71.3 Å². The van der Waals surface area contributed by atoms with Gasteiger partial charge in [0, 0.05) is 0 Å². The summed E-state index contributed by atoms with van der Waals surface area (Å²) in [6, 6.07) is 21.2. The molecule has 0 N–H and O–H groups in total. The van der Waals surface area contributed by atoms with E-state index in [4.69, 9.17) is 0 Å². The summed E-state index contributed by atoms with van der Waals surface area (Å²) in [5.41, 5.74) is 6.91. The van der Waals surface area contributed by atoms with Crippen LogP contribution < -0.4 is 0 Å². The molecule has 0 amide bonds. The second-order valence-electron chi connectivity index (χ2n) is 14.8. The van der Waals surface area contributed by atoms with Crippen LogP contribution in [-0.2, 0) is 12.6 Å². The first-order chi connectivity index (χ1) is 18.2. The smallest absolute Gasteiger partial charge is 0.00677 e. The van der Waals surface area contributed by atoms with Gasteiger partial charge in [-0.15, -0.1) is 0 Å². The Morgan fingerprint density at radius 2 is 1.00 bits per heavy atom. The van der Waals surface area contributed by atoms with Crippen LogP contribution in [0.5, 0.6) is 0 Å². The Hall–Kier alpha value is -1.13. The van der Waals surface area contributed by atoms with Crippen molar-refractivity contribution in [1.29, 1.82) is 0 Å². The SMILES string of the molecule is CC(Cc1ccc(CP(C2C3CC4CC(C3)CC2C4)C2C3CC4CC(C3)CC2C4)cc1)c1ccccc1. The second-order valence-corrected chi connectivity index (χ2v) is 17.4. The van der Waals surface area contributed by atoms with Crippen molar-refractivity contribution in [2.75, 3.05) is 0 Å². The lowest BCUT2D eigenvalue weighted by molar-refractivity contribution is 0.0129. The Morgan fingerprint density at radius 3 is 1.46 bits per heavy atom. The number of benzene rings is 2. The molecular formula is C36H47P. The molecule has 8 fully saturated rings. The zero-order valence-corrected chi connectivity index (χ0v) is 23.9. The van der Waals surface area contributed by atoms with E-state index in [1.807, 2.05) is 0 Å². The van der Waals surface area contributed by atoms with E-state index in [0.29, 0.717) is 5.92 Å². The lowest BCUT2D eigenvalue weighted by Crippen LogP contribution is -2.52. The van der Waals surface area contributed by atoms with Gasteiger partial charge in [0.15, 0.2) is 0 Å². The highest BCUT2D eigenvalue weighted by atomic mass is 31.1. The third kappa shape index (κ3) is 4.37. The van der Waals surface area contributed by atoms with Gasteiger partial charge in [-0.3, -0.25) is 0 Å². The molecule has 196 valence electrons. The van der Waals surface area contributed by atoms with Gasteiger partial charge in [0.25, 0.3) is 0 Å². The van der Waals surface area contributed by atoms with Gasteiger partial charge >= 0.3 is 0 Å². The van der Waals surface area contributed by atoms with E-state index in [9.17, 15) is 0 Å². The van der Waals surface area contributed by atoms with Crippen molar-refractivity contribution in [3.63, 3.8) is 0 Å². The van der Waals surface area contributed by atoms with Crippen LogP contribution in [0.3, 0.4) is 0 Å². The van der Waals surface area contributed by atoms with Crippen LogP contribution in [0.1, 0.15) is 93.7 Å². The largest absolute Gasteiger partial charge is 0.0947 e. The highest BCUT2D eigenvalue weighted by molar-refractivity contribution is 7.58. The zero-order valence-electron chi connectivity index (χ0n) is 23.0. The van der Waals surface area contributed by atoms with Crippen LogP contribution in [-0.4, -0.2) is 11.3 Å². The molecule has 8 aliphatic rings. The number of rotatable bonds is 7. The number of hydrogen-bond donors (Lipinski definition) is 0. The maximum Gasteiger partial charge on any atom is -0.00677 e. The average Bonchev–Trinajstić information content (AvgIpc) is 2.89. The molecule has 0 aliphatic heterocycles. The fourth-order valence-corrected chi connectivity index (χ4v) is 16.1. The van der Waals surface area contributed by atoms with Crippen molar-refractivity contribution in [1.82, 2.24) is 0 Å². The van der Waals surface area contributed by atoms with Crippen molar-refractivity contribution in [3.8, 4) is 0 Å². The van der Waals surface area contributed by atoms with Crippen LogP contribution in [0.2, 0.25) is 0 Å². The van der Waals surface area contributed by atoms with Crippen molar-refractivity contribution in [2.45, 2.75) is 101 Å². The molecule has 1 heteroatoms. The standard InChI is InChI=1S/C36H47P/c1-23(30-5-3-2-4-6-30)11-24-7-9-25(10-8-24)22-37(35-31-14-26-12-27(16-31)17-32(35)15-26)36-33-18-28-13-29(20-33)21-34(36)19-28/h2-10,23,26-29,31-36H,11-22H2,1H3. The summed E-state index contributed by atoms with van der Waals surface area (Å²) in [4.78, 5) is 0. The Kier molecular flexibility index (Phi) is 6.10. The number of hydrogen-bond acceptors (Lipinski definition) is 0. The molecule has 1 atom stereocenters. The molecule has 0 saturated heterocycles. The monoisotopic (exact) mass is 510 g/mol. The van der Waals surface area contributed by atoms with Gasteiger partial charge in [-0.05, 0) is 158 Å². The summed E-state index contributed by atoms with van der Waals surface area (Å²) in [5.74, 6) is 9.44. The lowest BCUT2D eigenvalue weighted by atomic mass is 9.55. The lowest BCUT2D eigenvalue weighted by Gasteiger charge is -2.62. The van der Waals surface area contributed by atoms with Gasteiger partial charge in [-0.2, -0.15) is 0 Å². The fraction of sp³-hybridized carbons (Fsp3) is 0.667. The minimum absolute atomic E-state index is 0.101. The molecule has 8 bridgehead atoms. The zero-order chi connectivity index (χ0) is 24.5. The van der Waals surface area contributed by atoms with E-state index in [0.717, 1.165) is 65.1 Å². The third-order valence-corrected chi connectivity index (χ3v) is 16.4. The second kappa shape index (κ2) is 9.51. The molecule has 37 heavy (non-hydrogen) atoms. The van der Waals surface area contributed by atoms with E-state index in [1.165, 1.54) is 17.3 Å². The molecule has 2 aromatic carbocycles. The molecule has 0 spiro atoms. The topological polar surface area (TPSA) is 0 Å². The third-order valence-electron chi connectivity index (χ3n) is 12.4. The summed E-state index contributed by atoms with van der Waals surface area (Å²) in [7, 11) is 0.101. The molecule has 0 aromatic heterocycles. The van der Waals surface area contributed by atoms with E-state index >= 15 is 0 Å². The molecular weight excluding hydrogens is 463 g/mol. The summed E-state index contributed by atoms with van der Waals surface area (Å²) < 4.78 is 0. The van der Waals surface area contributed by atoms with E-state index in [-0.39, 0.29) is 7.92 Å². The molecule has 1 unspecified atom stereocenters. The van der Waals surface area contributed by atoms with Gasteiger partial charge in [0.1, 0.15) is 0 Å². The Labute approximate surface area is 227 Å². The quantitative estimate of drug-likeness (QED) is 0.325. The fourth-order valence-electron chi connectivity index (χ4n) is 11.5. The van der Waals surface area contributed by atoms with Gasteiger partial charge < -0.3 is 0 Å². The summed E-state index contributed by atoms with van der Waals surface area (Å²) in [6.07, 6.45) is 18.7. The van der Waals surface area contributed by atoms with E-state index in [2.05, 4.69) is 61.5 Å². The molecule has 2 aromatic rings. The van der Waals surface area contributed by atoms with Gasteiger partial charge in [0.2, 0.25) is 0 Å². The van der Waals surface area contributed by atoms with Crippen LogP contribution in [0.15, 0.2) is 54.6 Å². The predicted molar refractivity (Wildman–Crippen MR) is 157 cm³/mol. The highest BCUT2D eigenvalue weighted by Gasteiger charge is 2.56. The Bertz CT molecular complexity index is 987. The molecule has 8 aliphatic carbocycles. The van der Waals surface area contributed by atoms with Crippen molar-refractivity contribution >= 4 is 7.92 Å². The maximum atomic E-state index is 2.56. The first kappa shape index (κ1) is 23.7. The average molecular weight is 511 g/mol. The molecule has 8 saturated carbocycles. The summed E-state index contributed by atoms with van der Waals surface area (Å²) in [5, 5.41) is 0. The minimum Gasteiger partial charge on any atom is -0.0947 e. The predicted octanol–water partition coefficient (Wildman–Crippen LogP) is 9.66. The highest BCUT2D eigenvalue weighted by Crippen LogP contribution is 2.71. The van der Waals surface area contributed by atoms with Crippen LogP contribution in [0, 0.1) is 47.3 Å². The molecule has 0 radical (unpaired) electrons. The molecule has 10 rings (SSSR count). The molecule has 0 nitrogen and oxygen atoms in total. The van der Waals surface area contributed by atoms with Crippen molar-refractivity contribution in [2.24, 2.45) is 47.3 Å². The van der Waals surface area contributed by atoms with Crippen LogP contribution >= 0.6 is 7.92 Å². The van der Waals surface area contributed by atoms with Crippen LogP contribution in [0.25, 0.3) is 0 Å². The van der Waals surface area contributed by atoms with Crippen molar-refractivity contribution < 1.29 is 0 Å². The molecule has 0 heterocycles. The summed E-state index contributed by atoms with van der Waals surface area (Å²) in [6.45, 7) is 2.39. The van der Waals surface area contributed by atoms with Gasteiger partial charge in [-0.1, -0.05) is 69.4 Å². The first-order valence-corrected chi connectivity index (χ1v) is 17.7.